The van der Waals surface area contributed by atoms with Crippen molar-refractivity contribution in [1.82, 2.24) is 0 Å². The molecule has 5 atom stereocenters. The first-order valence-corrected chi connectivity index (χ1v) is 9.21. The van der Waals surface area contributed by atoms with Crippen LogP contribution in [0.3, 0.4) is 0 Å². The van der Waals surface area contributed by atoms with E-state index in [0.717, 1.165) is 12.8 Å². The van der Waals surface area contributed by atoms with Crippen LogP contribution in [0.4, 0.5) is 0 Å². The predicted octanol–water partition coefficient (Wildman–Crippen LogP) is 3.67. The standard InChI is InChI=1S/C20H36O3/c1-14-7-8-16-18(2,3)9-6-10-20(16,5)17(14)15(22)13-19(4,23)11-12-21/h7,15-17,21-23H,6,8-13H2,1-5H3/t15-,16-,17+,19-,20-/m0/s1. The fraction of sp³-hybridized carbons (Fsp3) is 0.900. The Morgan fingerprint density at radius 3 is 2.57 bits per heavy atom. The number of rotatable bonds is 5. The molecule has 0 saturated heterocycles. The van der Waals surface area contributed by atoms with Crippen LogP contribution in [0.1, 0.15) is 73.1 Å². The van der Waals surface area contributed by atoms with Gasteiger partial charge in [-0.1, -0.05) is 38.8 Å². The van der Waals surface area contributed by atoms with E-state index in [1.807, 2.05) is 0 Å². The molecule has 0 amide bonds. The molecule has 0 aromatic rings. The van der Waals surface area contributed by atoms with Crippen molar-refractivity contribution in [2.45, 2.75) is 84.8 Å². The average Bonchev–Trinajstić information content (AvgIpc) is 2.35. The molecular weight excluding hydrogens is 288 g/mol. The Labute approximate surface area is 141 Å². The van der Waals surface area contributed by atoms with Crippen LogP contribution in [0.2, 0.25) is 0 Å². The minimum Gasteiger partial charge on any atom is -0.396 e. The number of hydrogen-bond acceptors (Lipinski definition) is 3. The van der Waals surface area contributed by atoms with Crippen LogP contribution >= 0.6 is 0 Å². The third-order valence-corrected chi connectivity index (χ3v) is 6.84. The van der Waals surface area contributed by atoms with Gasteiger partial charge in [0, 0.05) is 18.9 Å². The summed E-state index contributed by atoms with van der Waals surface area (Å²) >= 11 is 0. The van der Waals surface area contributed by atoms with Crippen molar-refractivity contribution < 1.29 is 15.3 Å². The maximum Gasteiger partial charge on any atom is 0.0666 e. The second-order valence-corrected chi connectivity index (χ2v) is 9.30. The summed E-state index contributed by atoms with van der Waals surface area (Å²) in [6.07, 6.45) is 7.11. The van der Waals surface area contributed by atoms with Gasteiger partial charge in [0.25, 0.3) is 0 Å². The Bertz CT molecular complexity index is 452. The summed E-state index contributed by atoms with van der Waals surface area (Å²) in [5, 5.41) is 30.6. The summed E-state index contributed by atoms with van der Waals surface area (Å²) in [4.78, 5) is 0. The zero-order chi connectivity index (χ0) is 17.5. The summed E-state index contributed by atoms with van der Waals surface area (Å²) in [6.45, 7) is 10.9. The van der Waals surface area contributed by atoms with E-state index in [0.29, 0.717) is 24.2 Å². The summed E-state index contributed by atoms with van der Waals surface area (Å²) in [6, 6.07) is 0. The van der Waals surface area contributed by atoms with Crippen molar-refractivity contribution in [2.75, 3.05) is 6.61 Å². The molecule has 1 saturated carbocycles. The molecule has 0 aromatic heterocycles. The summed E-state index contributed by atoms with van der Waals surface area (Å²) in [5.74, 6) is 0.681. The van der Waals surface area contributed by atoms with Crippen molar-refractivity contribution in [3.63, 3.8) is 0 Å². The van der Waals surface area contributed by atoms with E-state index in [1.165, 1.54) is 18.4 Å². The highest BCUT2D eigenvalue weighted by Gasteiger charge is 2.54. The number of hydrogen-bond donors (Lipinski definition) is 3. The highest BCUT2D eigenvalue weighted by molar-refractivity contribution is 5.20. The van der Waals surface area contributed by atoms with Crippen LogP contribution in [0.25, 0.3) is 0 Å². The quantitative estimate of drug-likeness (QED) is 0.676. The maximum absolute atomic E-state index is 11.0. The predicted molar refractivity (Wildman–Crippen MR) is 94.0 cm³/mol. The molecule has 2 aliphatic carbocycles. The summed E-state index contributed by atoms with van der Waals surface area (Å²) in [7, 11) is 0. The minimum absolute atomic E-state index is 0.0495. The first-order valence-electron chi connectivity index (χ1n) is 9.21. The molecule has 3 N–H and O–H groups in total. The fourth-order valence-electron chi connectivity index (χ4n) is 5.73. The van der Waals surface area contributed by atoms with Crippen LogP contribution < -0.4 is 0 Å². The molecule has 3 heteroatoms. The fourth-order valence-corrected chi connectivity index (χ4v) is 5.73. The number of allylic oxidation sites excluding steroid dienone is 1. The molecule has 0 bridgehead atoms. The van der Waals surface area contributed by atoms with E-state index in [1.54, 1.807) is 6.92 Å². The van der Waals surface area contributed by atoms with Gasteiger partial charge in [0.2, 0.25) is 0 Å². The highest BCUT2D eigenvalue weighted by atomic mass is 16.3. The van der Waals surface area contributed by atoms with E-state index >= 15 is 0 Å². The SMILES string of the molecule is CC1=CC[C@H]2C(C)(C)CCC[C@]2(C)[C@H]1[C@@H](O)C[C@@](C)(O)CCO. The Balaban J connectivity index is 2.28. The molecule has 1 fully saturated rings. The molecule has 0 radical (unpaired) electrons. The molecular formula is C20H36O3. The lowest BCUT2D eigenvalue weighted by molar-refractivity contribution is -0.0967. The number of aliphatic hydroxyl groups is 3. The van der Waals surface area contributed by atoms with E-state index in [2.05, 4.69) is 33.8 Å². The van der Waals surface area contributed by atoms with Gasteiger partial charge < -0.3 is 15.3 Å². The largest absolute Gasteiger partial charge is 0.396 e. The summed E-state index contributed by atoms with van der Waals surface area (Å²) in [5.41, 5.74) is 0.654. The topological polar surface area (TPSA) is 60.7 Å². The molecule has 0 aliphatic heterocycles. The molecule has 3 nitrogen and oxygen atoms in total. The third-order valence-electron chi connectivity index (χ3n) is 6.84. The Kier molecular flexibility index (Phi) is 5.35. The molecule has 2 aliphatic rings. The van der Waals surface area contributed by atoms with Crippen LogP contribution in [0.15, 0.2) is 11.6 Å². The molecule has 0 unspecified atom stereocenters. The average molecular weight is 325 g/mol. The van der Waals surface area contributed by atoms with Crippen LogP contribution in [0.5, 0.6) is 0 Å². The molecule has 0 aromatic carbocycles. The highest BCUT2D eigenvalue weighted by Crippen LogP contribution is 2.60. The van der Waals surface area contributed by atoms with Gasteiger partial charge in [-0.3, -0.25) is 0 Å². The smallest absolute Gasteiger partial charge is 0.0666 e. The Morgan fingerprint density at radius 1 is 1.30 bits per heavy atom. The second kappa shape index (κ2) is 6.50. The zero-order valence-electron chi connectivity index (χ0n) is 15.6. The van der Waals surface area contributed by atoms with Gasteiger partial charge in [-0.25, -0.2) is 0 Å². The molecule has 2 rings (SSSR count). The number of aliphatic hydroxyl groups excluding tert-OH is 2. The Morgan fingerprint density at radius 2 is 1.96 bits per heavy atom. The van der Waals surface area contributed by atoms with E-state index in [4.69, 9.17) is 5.11 Å². The number of fused-ring (bicyclic) bond motifs is 1. The molecule has 134 valence electrons. The monoisotopic (exact) mass is 324 g/mol. The van der Waals surface area contributed by atoms with Gasteiger partial charge >= 0.3 is 0 Å². The van der Waals surface area contributed by atoms with Crippen LogP contribution in [-0.2, 0) is 0 Å². The van der Waals surface area contributed by atoms with Crippen molar-refractivity contribution in [3.8, 4) is 0 Å². The normalized spacial score (nSPS) is 37.5. The molecule has 23 heavy (non-hydrogen) atoms. The van der Waals surface area contributed by atoms with Gasteiger partial charge in [0.1, 0.15) is 0 Å². The van der Waals surface area contributed by atoms with Crippen molar-refractivity contribution in [3.05, 3.63) is 11.6 Å². The lowest BCUT2D eigenvalue weighted by Crippen LogP contribution is -2.52. The van der Waals surface area contributed by atoms with Gasteiger partial charge in [-0.2, -0.15) is 0 Å². The van der Waals surface area contributed by atoms with Gasteiger partial charge in [-0.15, -0.1) is 0 Å². The lowest BCUT2D eigenvalue weighted by atomic mass is 9.47. The maximum atomic E-state index is 11.0. The van der Waals surface area contributed by atoms with Crippen LogP contribution in [-0.4, -0.2) is 33.6 Å². The third kappa shape index (κ3) is 3.67. The van der Waals surface area contributed by atoms with Crippen molar-refractivity contribution in [2.24, 2.45) is 22.7 Å². The molecule has 0 heterocycles. The lowest BCUT2D eigenvalue weighted by Gasteiger charge is -2.58. The van der Waals surface area contributed by atoms with E-state index in [-0.39, 0.29) is 17.9 Å². The molecule has 0 spiro atoms. The minimum atomic E-state index is -1.01. The second-order valence-electron chi connectivity index (χ2n) is 9.30. The van der Waals surface area contributed by atoms with Crippen LogP contribution in [0, 0.1) is 22.7 Å². The Hall–Kier alpha value is -0.380. The van der Waals surface area contributed by atoms with Crippen molar-refractivity contribution >= 4 is 0 Å². The van der Waals surface area contributed by atoms with Gasteiger partial charge in [-0.05, 0) is 56.3 Å². The summed E-state index contributed by atoms with van der Waals surface area (Å²) < 4.78 is 0. The van der Waals surface area contributed by atoms with E-state index < -0.39 is 11.7 Å². The zero-order valence-corrected chi connectivity index (χ0v) is 15.6. The first-order chi connectivity index (χ1) is 10.5. The van der Waals surface area contributed by atoms with E-state index in [9.17, 15) is 10.2 Å². The first kappa shape index (κ1) is 19.0. The van der Waals surface area contributed by atoms with Gasteiger partial charge in [0.15, 0.2) is 0 Å². The van der Waals surface area contributed by atoms with Crippen molar-refractivity contribution in [1.29, 1.82) is 0 Å². The van der Waals surface area contributed by atoms with Gasteiger partial charge in [0.05, 0.1) is 11.7 Å².